The number of alkyl halides is 3. The van der Waals surface area contributed by atoms with Crippen LogP contribution in [-0.4, -0.2) is 78.8 Å². The molecule has 216 valence electrons. The molecule has 2 aliphatic heterocycles. The normalized spacial score (nSPS) is 20.4. The first-order valence-electron chi connectivity index (χ1n) is 12.8. The molecule has 1 saturated heterocycles. The maximum absolute atomic E-state index is 14.3. The molecule has 14 heteroatoms. The fraction of sp³-hybridized carbons (Fsp3) is 0.500. The SMILES string of the molecule is COCC1CCN(c2ccc([C@H](N(C)C(=O)C3CCS(=O)(=O)CC3)C(F)(F)F)cc2)c2cnc3cc(Cl)nn3c21. The van der Waals surface area contributed by atoms with Crippen LogP contribution in [0.5, 0.6) is 0 Å². The second kappa shape index (κ2) is 10.8. The lowest BCUT2D eigenvalue weighted by Gasteiger charge is -2.36. The van der Waals surface area contributed by atoms with E-state index < -0.39 is 33.9 Å². The van der Waals surface area contributed by atoms with E-state index in [0.717, 1.165) is 18.4 Å². The minimum Gasteiger partial charge on any atom is -0.384 e. The second-order valence-corrected chi connectivity index (χ2v) is 13.0. The summed E-state index contributed by atoms with van der Waals surface area (Å²) in [5.74, 6) is -1.85. The molecule has 1 unspecified atom stereocenters. The largest absolute Gasteiger partial charge is 0.413 e. The molecule has 9 nitrogen and oxygen atoms in total. The molecule has 2 atom stereocenters. The lowest BCUT2D eigenvalue weighted by atomic mass is 9.94. The van der Waals surface area contributed by atoms with Crippen LogP contribution >= 0.6 is 11.6 Å². The summed E-state index contributed by atoms with van der Waals surface area (Å²) in [5, 5.41) is 4.67. The highest BCUT2D eigenvalue weighted by atomic mass is 35.5. The molecule has 2 aromatic heterocycles. The van der Waals surface area contributed by atoms with Gasteiger partial charge in [0.1, 0.15) is 9.84 Å². The first-order chi connectivity index (χ1) is 18.9. The van der Waals surface area contributed by atoms with E-state index in [2.05, 4.69) is 10.1 Å². The Balaban J connectivity index is 1.44. The van der Waals surface area contributed by atoms with Gasteiger partial charge in [-0.3, -0.25) is 4.79 Å². The van der Waals surface area contributed by atoms with Crippen LogP contribution in [0.3, 0.4) is 0 Å². The van der Waals surface area contributed by atoms with Crippen molar-refractivity contribution >= 4 is 44.4 Å². The van der Waals surface area contributed by atoms with Gasteiger partial charge in [-0.2, -0.15) is 18.3 Å². The Labute approximate surface area is 234 Å². The van der Waals surface area contributed by atoms with Gasteiger partial charge in [-0.05, 0) is 37.0 Å². The number of carbonyl (C=O) groups is 1. The number of anilines is 2. The number of halogens is 4. The number of benzene rings is 1. The molecule has 0 N–H and O–H groups in total. The number of methoxy groups -OCH3 is 1. The fourth-order valence-electron chi connectivity index (χ4n) is 5.70. The number of amides is 1. The summed E-state index contributed by atoms with van der Waals surface area (Å²) < 4.78 is 73.4. The summed E-state index contributed by atoms with van der Waals surface area (Å²) in [7, 11) is -0.507. The highest BCUT2D eigenvalue weighted by molar-refractivity contribution is 7.91. The van der Waals surface area contributed by atoms with Crippen LogP contribution in [0, 0.1) is 5.92 Å². The van der Waals surface area contributed by atoms with Gasteiger partial charge in [-0.25, -0.2) is 17.9 Å². The van der Waals surface area contributed by atoms with Gasteiger partial charge in [0.25, 0.3) is 0 Å². The number of hydrogen-bond donors (Lipinski definition) is 0. The number of hydrogen-bond acceptors (Lipinski definition) is 7. The van der Waals surface area contributed by atoms with Crippen molar-refractivity contribution in [2.24, 2.45) is 5.92 Å². The Morgan fingerprint density at radius 1 is 1.20 bits per heavy atom. The van der Waals surface area contributed by atoms with E-state index in [9.17, 15) is 26.4 Å². The molecule has 0 saturated carbocycles. The van der Waals surface area contributed by atoms with Crippen molar-refractivity contribution < 1.29 is 31.1 Å². The van der Waals surface area contributed by atoms with E-state index in [1.807, 2.05) is 4.90 Å². The minimum absolute atomic E-state index is 0.0148. The molecule has 3 aromatic rings. The van der Waals surface area contributed by atoms with Gasteiger partial charge in [-0.15, -0.1) is 0 Å². The molecule has 0 spiro atoms. The number of fused-ring (bicyclic) bond motifs is 3. The highest BCUT2D eigenvalue weighted by Crippen LogP contribution is 2.42. The van der Waals surface area contributed by atoms with Crippen molar-refractivity contribution in [2.45, 2.75) is 37.4 Å². The van der Waals surface area contributed by atoms with Crippen molar-refractivity contribution in [3.05, 3.63) is 52.9 Å². The van der Waals surface area contributed by atoms with Crippen molar-refractivity contribution in [1.82, 2.24) is 19.5 Å². The van der Waals surface area contributed by atoms with E-state index in [4.69, 9.17) is 16.3 Å². The molecule has 1 fully saturated rings. The Hall–Kier alpha value is -2.90. The van der Waals surface area contributed by atoms with Gasteiger partial charge in [0.15, 0.2) is 16.8 Å². The highest BCUT2D eigenvalue weighted by Gasteiger charge is 2.46. The number of carbonyl (C=O) groups excluding carboxylic acids is 1. The molecular formula is C26H29ClF3N5O4S. The van der Waals surface area contributed by atoms with Crippen LogP contribution in [-0.2, 0) is 19.4 Å². The summed E-state index contributed by atoms with van der Waals surface area (Å²) in [6, 6.07) is 5.43. The van der Waals surface area contributed by atoms with Gasteiger partial charge >= 0.3 is 6.18 Å². The molecule has 0 bridgehead atoms. The number of aromatic nitrogens is 3. The topological polar surface area (TPSA) is 97.1 Å². The molecule has 5 rings (SSSR count). The van der Waals surface area contributed by atoms with Crippen LogP contribution < -0.4 is 4.90 Å². The third-order valence-electron chi connectivity index (χ3n) is 7.69. The van der Waals surface area contributed by atoms with Gasteiger partial charge in [0, 0.05) is 44.3 Å². The first-order valence-corrected chi connectivity index (χ1v) is 15.0. The van der Waals surface area contributed by atoms with Crippen LogP contribution in [0.2, 0.25) is 5.15 Å². The van der Waals surface area contributed by atoms with Gasteiger partial charge in [-0.1, -0.05) is 23.7 Å². The van der Waals surface area contributed by atoms with Crippen LogP contribution in [0.25, 0.3) is 5.65 Å². The quantitative estimate of drug-likeness (QED) is 0.410. The lowest BCUT2D eigenvalue weighted by molar-refractivity contribution is -0.190. The first kappa shape index (κ1) is 28.6. The van der Waals surface area contributed by atoms with E-state index in [0.29, 0.717) is 41.0 Å². The van der Waals surface area contributed by atoms with Gasteiger partial charge in [0.05, 0.1) is 35.7 Å². The van der Waals surface area contributed by atoms with Gasteiger partial charge < -0.3 is 14.5 Å². The predicted molar refractivity (Wildman–Crippen MR) is 144 cm³/mol. The lowest BCUT2D eigenvalue weighted by Crippen LogP contribution is -2.44. The average molecular weight is 600 g/mol. The second-order valence-electron chi connectivity index (χ2n) is 10.3. The number of sulfone groups is 1. The molecule has 0 aliphatic carbocycles. The molecule has 4 heterocycles. The summed E-state index contributed by atoms with van der Waals surface area (Å²) in [6.45, 7) is 1.03. The number of ether oxygens (including phenoxy) is 1. The third kappa shape index (κ3) is 5.51. The van der Waals surface area contributed by atoms with Crippen molar-refractivity contribution in [1.29, 1.82) is 0 Å². The predicted octanol–water partition coefficient (Wildman–Crippen LogP) is 4.54. The molecular weight excluding hydrogens is 571 g/mol. The van der Waals surface area contributed by atoms with Gasteiger partial charge in [0.2, 0.25) is 5.91 Å². The van der Waals surface area contributed by atoms with Crippen molar-refractivity contribution in [3.63, 3.8) is 0 Å². The summed E-state index contributed by atoms with van der Waals surface area (Å²) in [6.07, 6.45) is -2.27. The molecule has 1 aromatic carbocycles. The third-order valence-corrected chi connectivity index (χ3v) is 9.59. The zero-order chi connectivity index (χ0) is 28.8. The number of nitrogens with zero attached hydrogens (tertiary/aromatic N) is 5. The average Bonchev–Trinajstić information content (AvgIpc) is 3.28. The van der Waals surface area contributed by atoms with Crippen LogP contribution in [0.4, 0.5) is 24.5 Å². The Morgan fingerprint density at radius 3 is 2.50 bits per heavy atom. The number of rotatable bonds is 6. The van der Waals surface area contributed by atoms with Crippen molar-refractivity contribution in [2.75, 3.05) is 43.7 Å². The molecule has 0 radical (unpaired) electrons. The molecule has 1 amide bonds. The Bertz CT molecular complexity index is 1500. The maximum Gasteiger partial charge on any atom is 0.413 e. The maximum atomic E-state index is 14.3. The van der Waals surface area contributed by atoms with E-state index in [-0.39, 0.29) is 35.8 Å². The smallest absolute Gasteiger partial charge is 0.384 e. The fourth-order valence-corrected chi connectivity index (χ4v) is 7.36. The monoisotopic (exact) mass is 599 g/mol. The summed E-state index contributed by atoms with van der Waals surface area (Å²) in [5.41, 5.74) is 2.76. The zero-order valence-electron chi connectivity index (χ0n) is 21.9. The van der Waals surface area contributed by atoms with Crippen LogP contribution in [0.15, 0.2) is 36.5 Å². The Morgan fingerprint density at radius 2 is 1.88 bits per heavy atom. The zero-order valence-corrected chi connectivity index (χ0v) is 23.5. The minimum atomic E-state index is -4.73. The van der Waals surface area contributed by atoms with E-state index in [1.54, 1.807) is 36.0 Å². The van der Waals surface area contributed by atoms with Crippen LogP contribution in [0.1, 0.15) is 42.5 Å². The Kier molecular flexibility index (Phi) is 7.75. The summed E-state index contributed by atoms with van der Waals surface area (Å²) >= 11 is 6.13. The van der Waals surface area contributed by atoms with E-state index >= 15 is 0 Å². The standard InChI is InChI=1S/C26H29ClF3N5O4S/c1-33(25(36)17-8-11-40(37,38)12-9-17)24(26(28,29)30)16-3-5-19(6-4-16)34-10-7-18(15-39-2)23-20(34)14-31-22-13-21(27)32-35(22)23/h3-6,13-14,17-18,24H,7-12,15H2,1-2H3/t18?,24-/m0/s1. The molecule has 40 heavy (non-hydrogen) atoms. The summed E-state index contributed by atoms with van der Waals surface area (Å²) in [4.78, 5) is 20.1. The van der Waals surface area contributed by atoms with Crippen molar-refractivity contribution in [3.8, 4) is 0 Å². The molecule has 2 aliphatic rings. The van der Waals surface area contributed by atoms with E-state index in [1.165, 1.54) is 12.1 Å².